The largest absolute Gasteiger partial charge is 0.457 e. The molecule has 148 valence electrons. The molecule has 2 aromatic carbocycles. The third-order valence-electron chi connectivity index (χ3n) is 4.28. The summed E-state index contributed by atoms with van der Waals surface area (Å²) in [4.78, 5) is 2.34. The van der Waals surface area contributed by atoms with Crippen molar-refractivity contribution < 1.29 is 18.3 Å². The highest BCUT2D eigenvalue weighted by Gasteiger charge is 2.16. The first-order valence-corrected chi connectivity index (χ1v) is 10.5. The Kier molecular flexibility index (Phi) is 7.49. The van der Waals surface area contributed by atoms with Gasteiger partial charge in [0.05, 0.1) is 12.4 Å². The van der Waals surface area contributed by atoms with Crippen LogP contribution >= 0.6 is 12.4 Å². The summed E-state index contributed by atoms with van der Waals surface area (Å²) in [5.41, 5.74) is 1.71. The molecule has 1 aliphatic heterocycles. The summed E-state index contributed by atoms with van der Waals surface area (Å²) in [7, 11) is -3.28. The smallest absolute Gasteiger partial charge is 0.229 e. The molecule has 3 rings (SSSR count). The van der Waals surface area contributed by atoms with Gasteiger partial charge < -0.3 is 9.84 Å². The quantitative estimate of drug-likeness (QED) is 0.761. The van der Waals surface area contributed by atoms with Crippen LogP contribution in [0.1, 0.15) is 18.4 Å². The first-order valence-electron chi connectivity index (χ1n) is 8.62. The molecule has 1 saturated heterocycles. The molecular formula is C19H25ClN2O4S. The van der Waals surface area contributed by atoms with Crippen molar-refractivity contribution in [3.8, 4) is 11.5 Å². The Labute approximate surface area is 166 Å². The minimum atomic E-state index is -3.28. The maximum Gasteiger partial charge on any atom is 0.229 e. The maximum absolute atomic E-state index is 11.2. The van der Waals surface area contributed by atoms with E-state index in [1.54, 1.807) is 24.3 Å². The van der Waals surface area contributed by atoms with Crippen molar-refractivity contribution in [2.24, 2.45) is 0 Å². The summed E-state index contributed by atoms with van der Waals surface area (Å²) in [5.74, 6) is 1.37. The second kappa shape index (κ2) is 9.41. The van der Waals surface area contributed by atoms with Crippen molar-refractivity contribution in [1.82, 2.24) is 4.90 Å². The van der Waals surface area contributed by atoms with Crippen molar-refractivity contribution in [2.45, 2.75) is 25.5 Å². The summed E-state index contributed by atoms with van der Waals surface area (Å²) in [6.07, 6.45) is 2.64. The van der Waals surface area contributed by atoms with Crippen molar-refractivity contribution in [3.05, 3.63) is 54.1 Å². The lowest BCUT2D eigenvalue weighted by Crippen LogP contribution is -2.35. The van der Waals surface area contributed by atoms with Gasteiger partial charge in [0.2, 0.25) is 10.0 Å². The van der Waals surface area contributed by atoms with E-state index in [1.807, 2.05) is 24.3 Å². The number of halogens is 1. The molecular weight excluding hydrogens is 388 g/mol. The third kappa shape index (κ3) is 7.03. The number of hydrogen-bond acceptors (Lipinski definition) is 5. The SMILES string of the molecule is CS(=O)(=O)Nc1ccc(Oc2ccc(CN3CCC(O)CC3)cc2)cc1.Cl. The lowest BCUT2D eigenvalue weighted by molar-refractivity contribution is 0.0792. The fraction of sp³-hybridized carbons (Fsp3) is 0.368. The molecule has 2 aromatic rings. The van der Waals surface area contributed by atoms with Crippen molar-refractivity contribution >= 4 is 28.1 Å². The first-order chi connectivity index (χ1) is 12.4. The van der Waals surface area contributed by atoms with Gasteiger partial charge in [-0.3, -0.25) is 9.62 Å². The standard InChI is InChI=1S/C19H24N2O4S.ClH/c1-26(23,24)20-16-4-8-19(9-5-16)25-18-6-2-15(3-7-18)14-21-12-10-17(22)11-13-21;/h2-9,17,20,22H,10-14H2,1H3;1H. The van der Waals surface area contributed by atoms with Crippen LogP contribution in [0, 0.1) is 0 Å². The summed E-state index contributed by atoms with van der Waals surface area (Å²) in [5, 5.41) is 9.57. The number of ether oxygens (including phenoxy) is 1. The Balaban J connectivity index is 0.00000261. The molecule has 0 saturated carbocycles. The molecule has 0 radical (unpaired) electrons. The zero-order chi connectivity index (χ0) is 18.6. The highest BCUT2D eigenvalue weighted by atomic mass is 35.5. The Morgan fingerprint density at radius 2 is 1.56 bits per heavy atom. The molecule has 1 heterocycles. The second-order valence-electron chi connectivity index (χ2n) is 6.65. The predicted molar refractivity (Wildman–Crippen MR) is 109 cm³/mol. The number of nitrogens with one attached hydrogen (secondary N) is 1. The van der Waals surface area contributed by atoms with E-state index in [1.165, 1.54) is 5.56 Å². The molecule has 0 aromatic heterocycles. The average molecular weight is 413 g/mol. The van der Waals surface area contributed by atoms with Gasteiger partial charge in [0.25, 0.3) is 0 Å². The molecule has 0 bridgehead atoms. The molecule has 1 aliphatic rings. The number of benzene rings is 2. The molecule has 0 atom stereocenters. The van der Waals surface area contributed by atoms with Crippen LogP contribution in [0.15, 0.2) is 48.5 Å². The summed E-state index contributed by atoms with van der Waals surface area (Å²) >= 11 is 0. The van der Waals surface area contributed by atoms with E-state index in [4.69, 9.17) is 4.74 Å². The normalized spacial score (nSPS) is 15.8. The zero-order valence-electron chi connectivity index (χ0n) is 15.2. The van der Waals surface area contributed by atoms with Crippen LogP contribution in [-0.4, -0.2) is 43.9 Å². The van der Waals surface area contributed by atoms with E-state index >= 15 is 0 Å². The van der Waals surface area contributed by atoms with Gasteiger partial charge in [0.1, 0.15) is 11.5 Å². The predicted octanol–water partition coefficient (Wildman–Crippen LogP) is 3.23. The number of nitrogens with zero attached hydrogens (tertiary/aromatic N) is 1. The van der Waals surface area contributed by atoms with Crippen LogP contribution in [0.25, 0.3) is 0 Å². The highest BCUT2D eigenvalue weighted by molar-refractivity contribution is 7.92. The Bertz CT molecular complexity index is 818. The minimum Gasteiger partial charge on any atom is -0.457 e. The first kappa shape index (κ1) is 21.5. The van der Waals surface area contributed by atoms with Gasteiger partial charge in [-0.05, 0) is 54.8 Å². The van der Waals surface area contributed by atoms with Gasteiger partial charge in [0, 0.05) is 25.3 Å². The Hall–Kier alpha value is -1.80. The van der Waals surface area contributed by atoms with Gasteiger partial charge in [-0.2, -0.15) is 0 Å². The average Bonchev–Trinajstić information content (AvgIpc) is 2.59. The van der Waals surface area contributed by atoms with E-state index in [0.29, 0.717) is 11.4 Å². The second-order valence-corrected chi connectivity index (χ2v) is 8.40. The van der Waals surface area contributed by atoms with Crippen molar-refractivity contribution in [3.63, 3.8) is 0 Å². The van der Waals surface area contributed by atoms with Crippen LogP contribution in [0.5, 0.6) is 11.5 Å². The molecule has 6 nitrogen and oxygen atoms in total. The summed E-state index contributed by atoms with van der Waals surface area (Å²) in [6, 6.07) is 14.7. The van der Waals surface area contributed by atoms with Crippen LogP contribution in [0.3, 0.4) is 0 Å². The van der Waals surface area contributed by atoms with Crippen LogP contribution < -0.4 is 9.46 Å². The van der Waals surface area contributed by atoms with Gasteiger partial charge in [-0.1, -0.05) is 12.1 Å². The molecule has 0 amide bonds. The van der Waals surface area contributed by atoms with Gasteiger partial charge in [0.15, 0.2) is 0 Å². The number of likely N-dealkylation sites (tertiary alicyclic amines) is 1. The van der Waals surface area contributed by atoms with Crippen molar-refractivity contribution in [1.29, 1.82) is 0 Å². The number of aliphatic hydroxyl groups excluding tert-OH is 1. The van der Waals surface area contributed by atoms with E-state index in [-0.39, 0.29) is 18.5 Å². The maximum atomic E-state index is 11.2. The number of anilines is 1. The fourth-order valence-corrected chi connectivity index (χ4v) is 3.50. The van der Waals surface area contributed by atoms with Gasteiger partial charge >= 0.3 is 0 Å². The lowest BCUT2D eigenvalue weighted by Gasteiger charge is -2.29. The number of sulfonamides is 1. The molecule has 1 fully saturated rings. The van der Waals surface area contributed by atoms with Crippen molar-refractivity contribution in [2.75, 3.05) is 24.1 Å². The lowest BCUT2D eigenvalue weighted by atomic mass is 10.1. The number of hydrogen-bond donors (Lipinski definition) is 2. The van der Waals surface area contributed by atoms with Gasteiger partial charge in [-0.15, -0.1) is 12.4 Å². The van der Waals surface area contributed by atoms with Crippen LogP contribution in [0.4, 0.5) is 5.69 Å². The van der Waals surface area contributed by atoms with E-state index in [2.05, 4.69) is 9.62 Å². The summed E-state index contributed by atoms with van der Waals surface area (Å²) in [6.45, 7) is 2.72. The van der Waals surface area contributed by atoms with E-state index < -0.39 is 10.0 Å². The molecule has 0 aliphatic carbocycles. The molecule has 0 unspecified atom stereocenters. The monoisotopic (exact) mass is 412 g/mol. The zero-order valence-corrected chi connectivity index (χ0v) is 16.8. The summed E-state index contributed by atoms with van der Waals surface area (Å²) < 4.78 is 30.6. The number of rotatable bonds is 6. The highest BCUT2D eigenvalue weighted by Crippen LogP contribution is 2.24. The van der Waals surface area contributed by atoms with Gasteiger partial charge in [-0.25, -0.2) is 8.42 Å². The van der Waals surface area contributed by atoms with Crippen LogP contribution in [-0.2, 0) is 16.6 Å². The Morgan fingerprint density at radius 3 is 2.07 bits per heavy atom. The number of aliphatic hydroxyl groups is 1. The minimum absolute atomic E-state index is 0. The molecule has 8 heteroatoms. The molecule has 0 spiro atoms. The third-order valence-corrected chi connectivity index (χ3v) is 4.89. The van der Waals surface area contributed by atoms with Crippen LogP contribution in [0.2, 0.25) is 0 Å². The topological polar surface area (TPSA) is 78.9 Å². The van der Waals surface area contributed by atoms with E-state index in [9.17, 15) is 13.5 Å². The molecule has 27 heavy (non-hydrogen) atoms. The molecule has 2 N–H and O–H groups in total. The van der Waals surface area contributed by atoms with E-state index in [0.717, 1.165) is 44.5 Å². The fourth-order valence-electron chi connectivity index (χ4n) is 2.94. The Morgan fingerprint density at radius 1 is 1.04 bits per heavy atom. The number of piperidine rings is 1.